The lowest BCUT2D eigenvalue weighted by molar-refractivity contribution is -0.137. The van der Waals surface area contributed by atoms with Crippen molar-refractivity contribution < 1.29 is 13.2 Å². The van der Waals surface area contributed by atoms with Crippen molar-refractivity contribution in [3.8, 4) is 5.69 Å². The number of alkyl halides is 3. The van der Waals surface area contributed by atoms with Crippen LogP contribution in [0.3, 0.4) is 0 Å². The van der Waals surface area contributed by atoms with E-state index in [0.29, 0.717) is 18.1 Å². The Balaban J connectivity index is 1.41. The number of rotatable bonds is 4. The Labute approximate surface area is 159 Å². The van der Waals surface area contributed by atoms with E-state index >= 15 is 0 Å². The molecular formula is C18H18F3N7. The van der Waals surface area contributed by atoms with Crippen LogP contribution >= 0.6 is 0 Å². The fraction of sp³-hybridized carbons (Fsp3) is 0.333. The van der Waals surface area contributed by atoms with E-state index < -0.39 is 11.7 Å². The molecule has 1 saturated heterocycles. The van der Waals surface area contributed by atoms with Crippen molar-refractivity contribution >= 4 is 5.82 Å². The molecule has 0 bridgehead atoms. The predicted octanol–water partition coefficient (Wildman–Crippen LogP) is 2.40. The minimum atomic E-state index is -4.37. The third kappa shape index (κ3) is 3.96. The number of aromatic nitrogens is 5. The second-order valence-electron chi connectivity index (χ2n) is 6.50. The van der Waals surface area contributed by atoms with Crippen molar-refractivity contribution in [3.05, 3.63) is 60.0 Å². The molecule has 28 heavy (non-hydrogen) atoms. The summed E-state index contributed by atoms with van der Waals surface area (Å²) >= 11 is 0. The van der Waals surface area contributed by atoms with Crippen LogP contribution in [0.15, 0.2) is 48.7 Å². The molecule has 0 aliphatic carbocycles. The second kappa shape index (κ2) is 7.55. The molecule has 1 aromatic carbocycles. The maximum absolute atomic E-state index is 12.7. The van der Waals surface area contributed by atoms with Gasteiger partial charge in [0.25, 0.3) is 0 Å². The molecule has 0 saturated carbocycles. The van der Waals surface area contributed by atoms with Gasteiger partial charge in [-0.25, -0.2) is 4.98 Å². The van der Waals surface area contributed by atoms with E-state index in [0.717, 1.165) is 44.1 Å². The number of anilines is 1. The summed E-state index contributed by atoms with van der Waals surface area (Å²) in [4.78, 5) is 8.80. The maximum Gasteiger partial charge on any atom is 0.416 e. The molecular weight excluding hydrogens is 371 g/mol. The molecule has 1 aliphatic rings. The smallest absolute Gasteiger partial charge is 0.354 e. The third-order valence-corrected chi connectivity index (χ3v) is 4.68. The summed E-state index contributed by atoms with van der Waals surface area (Å²) in [6.07, 6.45) is -2.59. The molecule has 4 rings (SSSR count). The number of tetrazole rings is 1. The van der Waals surface area contributed by atoms with Gasteiger partial charge in [0.15, 0.2) is 5.82 Å². The topological polar surface area (TPSA) is 63.0 Å². The van der Waals surface area contributed by atoms with Gasteiger partial charge in [0.2, 0.25) is 0 Å². The van der Waals surface area contributed by atoms with E-state index in [2.05, 4.69) is 30.3 Å². The summed E-state index contributed by atoms with van der Waals surface area (Å²) in [6.45, 7) is 3.81. The van der Waals surface area contributed by atoms with E-state index in [1.54, 1.807) is 6.20 Å². The zero-order valence-electron chi connectivity index (χ0n) is 14.9. The lowest BCUT2D eigenvalue weighted by Gasteiger charge is -2.34. The number of piperazine rings is 1. The molecule has 2 aromatic heterocycles. The average Bonchev–Trinajstić information content (AvgIpc) is 3.17. The molecule has 146 valence electrons. The number of halogens is 3. The lowest BCUT2D eigenvalue weighted by Crippen LogP contribution is -2.46. The molecule has 1 fully saturated rings. The Morgan fingerprint density at radius 1 is 0.929 bits per heavy atom. The quantitative estimate of drug-likeness (QED) is 0.683. The molecule has 7 nitrogen and oxygen atoms in total. The minimum Gasteiger partial charge on any atom is -0.354 e. The Morgan fingerprint density at radius 2 is 1.68 bits per heavy atom. The SMILES string of the molecule is FC(F)(F)c1ccc(-n2nnnc2CN2CCN(c3ccccn3)CC2)cc1. The van der Waals surface area contributed by atoms with Crippen LogP contribution in [0.1, 0.15) is 11.4 Å². The van der Waals surface area contributed by atoms with Crippen molar-refractivity contribution in [2.45, 2.75) is 12.7 Å². The van der Waals surface area contributed by atoms with E-state index in [9.17, 15) is 13.2 Å². The molecule has 0 N–H and O–H groups in total. The highest BCUT2D eigenvalue weighted by molar-refractivity contribution is 5.38. The highest BCUT2D eigenvalue weighted by atomic mass is 19.4. The molecule has 0 amide bonds. The van der Waals surface area contributed by atoms with Crippen LogP contribution in [0.25, 0.3) is 5.69 Å². The Morgan fingerprint density at radius 3 is 2.32 bits per heavy atom. The summed E-state index contributed by atoms with van der Waals surface area (Å²) in [5, 5.41) is 11.7. The number of benzene rings is 1. The summed E-state index contributed by atoms with van der Waals surface area (Å²) in [5.41, 5.74) is -0.198. The molecule has 0 radical (unpaired) electrons. The first-order valence-electron chi connectivity index (χ1n) is 8.84. The highest BCUT2D eigenvalue weighted by Crippen LogP contribution is 2.29. The van der Waals surface area contributed by atoms with Gasteiger partial charge in [-0.2, -0.15) is 17.9 Å². The summed E-state index contributed by atoms with van der Waals surface area (Å²) in [6, 6.07) is 10.7. The van der Waals surface area contributed by atoms with Crippen LogP contribution in [0.4, 0.5) is 19.0 Å². The highest BCUT2D eigenvalue weighted by Gasteiger charge is 2.30. The zero-order chi connectivity index (χ0) is 19.6. The van der Waals surface area contributed by atoms with Gasteiger partial charge in [-0.15, -0.1) is 5.10 Å². The maximum atomic E-state index is 12.7. The average molecular weight is 389 g/mol. The van der Waals surface area contributed by atoms with Gasteiger partial charge in [0.1, 0.15) is 5.82 Å². The first kappa shape index (κ1) is 18.4. The molecule has 3 aromatic rings. The van der Waals surface area contributed by atoms with Crippen LogP contribution < -0.4 is 4.90 Å². The molecule has 0 unspecified atom stereocenters. The van der Waals surface area contributed by atoms with Crippen molar-refractivity contribution in [3.63, 3.8) is 0 Å². The van der Waals surface area contributed by atoms with Gasteiger partial charge in [0, 0.05) is 32.4 Å². The second-order valence-corrected chi connectivity index (χ2v) is 6.50. The number of hydrogen-bond acceptors (Lipinski definition) is 6. The van der Waals surface area contributed by atoms with Crippen LogP contribution in [0, 0.1) is 0 Å². The molecule has 1 aliphatic heterocycles. The van der Waals surface area contributed by atoms with Crippen molar-refractivity contribution in [1.29, 1.82) is 0 Å². The summed E-state index contributed by atoms with van der Waals surface area (Å²) in [7, 11) is 0. The Kier molecular flexibility index (Phi) is 4.95. The minimum absolute atomic E-state index is 0.500. The van der Waals surface area contributed by atoms with E-state index in [1.807, 2.05) is 18.2 Å². The van der Waals surface area contributed by atoms with E-state index in [-0.39, 0.29) is 0 Å². The third-order valence-electron chi connectivity index (χ3n) is 4.68. The van der Waals surface area contributed by atoms with Crippen molar-refractivity contribution in [2.24, 2.45) is 0 Å². The molecule has 0 spiro atoms. The monoisotopic (exact) mass is 389 g/mol. The zero-order valence-corrected chi connectivity index (χ0v) is 14.9. The van der Waals surface area contributed by atoms with Gasteiger partial charge < -0.3 is 4.90 Å². The van der Waals surface area contributed by atoms with E-state index in [4.69, 9.17) is 0 Å². The molecule has 10 heteroatoms. The Hall–Kier alpha value is -3.01. The first-order chi connectivity index (χ1) is 13.5. The van der Waals surface area contributed by atoms with Crippen LogP contribution in [-0.2, 0) is 12.7 Å². The standard InChI is InChI=1S/C18H18F3N7/c19-18(20,21)14-4-6-15(7-5-14)28-17(23-24-25-28)13-26-9-11-27(12-10-26)16-3-1-2-8-22-16/h1-8H,9-13H2. The number of hydrogen-bond donors (Lipinski definition) is 0. The lowest BCUT2D eigenvalue weighted by atomic mass is 10.2. The summed E-state index contributed by atoms with van der Waals surface area (Å²) < 4.78 is 39.7. The van der Waals surface area contributed by atoms with Crippen LogP contribution in [0.5, 0.6) is 0 Å². The van der Waals surface area contributed by atoms with Gasteiger partial charge in [-0.3, -0.25) is 4.90 Å². The van der Waals surface area contributed by atoms with Crippen molar-refractivity contribution in [1.82, 2.24) is 30.1 Å². The number of pyridine rings is 1. The van der Waals surface area contributed by atoms with E-state index in [1.165, 1.54) is 16.8 Å². The first-order valence-corrected chi connectivity index (χ1v) is 8.84. The van der Waals surface area contributed by atoms with Crippen LogP contribution in [-0.4, -0.2) is 56.3 Å². The number of nitrogens with zero attached hydrogens (tertiary/aromatic N) is 7. The normalized spacial score (nSPS) is 15.8. The van der Waals surface area contributed by atoms with Gasteiger partial charge in [-0.05, 0) is 46.8 Å². The fourth-order valence-electron chi connectivity index (χ4n) is 3.17. The van der Waals surface area contributed by atoms with Gasteiger partial charge in [0.05, 0.1) is 17.8 Å². The molecule has 0 atom stereocenters. The predicted molar refractivity (Wildman–Crippen MR) is 95.9 cm³/mol. The van der Waals surface area contributed by atoms with Gasteiger partial charge >= 0.3 is 6.18 Å². The largest absolute Gasteiger partial charge is 0.416 e. The van der Waals surface area contributed by atoms with Crippen molar-refractivity contribution in [2.75, 3.05) is 31.1 Å². The van der Waals surface area contributed by atoms with Gasteiger partial charge in [-0.1, -0.05) is 6.07 Å². The van der Waals surface area contributed by atoms with Crippen LogP contribution in [0.2, 0.25) is 0 Å². The Bertz CT molecular complexity index is 901. The fourth-order valence-corrected chi connectivity index (χ4v) is 3.17. The molecule has 3 heterocycles. The summed E-state index contributed by atoms with van der Waals surface area (Å²) in [5.74, 6) is 1.54.